The quantitative estimate of drug-likeness (QED) is 0.817. The smallest absolute Gasteiger partial charge is 0.312 e. The van der Waals surface area contributed by atoms with Crippen molar-refractivity contribution >= 4 is 29.1 Å². The number of carbonyl (C=O) groups is 2. The largest absolute Gasteiger partial charge is 0.368 e. The van der Waals surface area contributed by atoms with E-state index in [1.807, 2.05) is 24.3 Å². The summed E-state index contributed by atoms with van der Waals surface area (Å²) in [6.07, 6.45) is 0.543. The number of amides is 2. The second-order valence-corrected chi connectivity index (χ2v) is 6.83. The van der Waals surface area contributed by atoms with Crippen LogP contribution in [0.2, 0.25) is 5.02 Å². The van der Waals surface area contributed by atoms with Gasteiger partial charge in [0.05, 0.1) is 0 Å². The van der Waals surface area contributed by atoms with E-state index >= 15 is 0 Å². The lowest BCUT2D eigenvalue weighted by atomic mass is 10.1. The Kier molecular flexibility index (Phi) is 6.29. The van der Waals surface area contributed by atoms with Gasteiger partial charge in [-0.2, -0.15) is 0 Å². The third-order valence-electron chi connectivity index (χ3n) is 4.55. The highest BCUT2D eigenvalue weighted by molar-refractivity contribution is 6.35. The van der Waals surface area contributed by atoms with Crippen molar-refractivity contribution in [1.29, 1.82) is 0 Å². The normalized spacial score (nSPS) is 14.1. The fourth-order valence-electron chi connectivity index (χ4n) is 3.03. The summed E-state index contributed by atoms with van der Waals surface area (Å²) in [5.74, 6) is -1.41. The number of anilines is 1. The summed E-state index contributed by atoms with van der Waals surface area (Å²) >= 11 is 6.02. The van der Waals surface area contributed by atoms with E-state index in [0.717, 1.165) is 11.3 Å². The molecule has 0 spiro atoms. The Morgan fingerprint density at radius 2 is 1.74 bits per heavy atom. The minimum Gasteiger partial charge on any atom is -0.368 e. The molecule has 142 valence electrons. The molecule has 2 aromatic carbocycles. The first kappa shape index (κ1) is 19.2. The predicted molar refractivity (Wildman–Crippen MR) is 103 cm³/mol. The second-order valence-electron chi connectivity index (χ2n) is 6.39. The van der Waals surface area contributed by atoms with Gasteiger partial charge in [-0.15, -0.1) is 0 Å². The Balaban J connectivity index is 1.44. The summed E-state index contributed by atoms with van der Waals surface area (Å²) in [6.45, 7) is 2.59. The van der Waals surface area contributed by atoms with E-state index in [4.69, 9.17) is 11.6 Å². The maximum atomic E-state index is 12.9. The van der Waals surface area contributed by atoms with Gasteiger partial charge >= 0.3 is 11.8 Å². The molecule has 2 aromatic rings. The molecule has 5 nitrogen and oxygen atoms in total. The molecule has 27 heavy (non-hydrogen) atoms. The van der Waals surface area contributed by atoms with Gasteiger partial charge in [0.2, 0.25) is 0 Å². The van der Waals surface area contributed by atoms with Crippen molar-refractivity contribution in [2.45, 2.75) is 6.42 Å². The molecule has 1 fully saturated rings. The second kappa shape index (κ2) is 8.86. The molecule has 3 rings (SSSR count). The van der Waals surface area contributed by atoms with Crippen LogP contribution in [0.5, 0.6) is 0 Å². The number of hydrogen-bond donors (Lipinski definition) is 1. The molecule has 1 saturated heterocycles. The Hall–Kier alpha value is -2.60. The lowest BCUT2D eigenvalue weighted by Gasteiger charge is -2.35. The molecule has 0 aromatic heterocycles. The number of piperazine rings is 1. The molecular formula is C20H21ClFN3O2. The van der Waals surface area contributed by atoms with E-state index in [-0.39, 0.29) is 5.82 Å². The molecule has 7 heteroatoms. The zero-order valence-corrected chi connectivity index (χ0v) is 15.6. The van der Waals surface area contributed by atoms with Crippen LogP contribution in [0.1, 0.15) is 5.56 Å². The summed E-state index contributed by atoms with van der Waals surface area (Å²) in [5, 5.41) is 3.31. The van der Waals surface area contributed by atoms with Crippen LogP contribution >= 0.6 is 11.6 Å². The first-order valence-electron chi connectivity index (χ1n) is 8.85. The van der Waals surface area contributed by atoms with Crippen molar-refractivity contribution in [3.8, 4) is 0 Å². The first-order chi connectivity index (χ1) is 13.0. The van der Waals surface area contributed by atoms with Crippen molar-refractivity contribution in [3.63, 3.8) is 0 Å². The molecule has 0 saturated carbocycles. The number of benzene rings is 2. The van der Waals surface area contributed by atoms with Gasteiger partial charge in [-0.3, -0.25) is 9.59 Å². The highest BCUT2D eigenvalue weighted by Crippen LogP contribution is 2.20. The minimum atomic E-state index is -0.603. The van der Waals surface area contributed by atoms with Gasteiger partial charge in [-0.25, -0.2) is 4.39 Å². The summed E-state index contributed by atoms with van der Waals surface area (Å²) in [7, 11) is 0. The Morgan fingerprint density at radius 3 is 2.41 bits per heavy atom. The summed E-state index contributed by atoms with van der Waals surface area (Å²) in [4.78, 5) is 28.1. The van der Waals surface area contributed by atoms with Crippen molar-refractivity contribution < 1.29 is 14.0 Å². The fraction of sp³-hybridized carbons (Fsp3) is 0.300. The van der Waals surface area contributed by atoms with Crippen molar-refractivity contribution in [2.75, 3.05) is 37.6 Å². The molecule has 0 aliphatic carbocycles. The summed E-state index contributed by atoms with van der Waals surface area (Å²) in [5.41, 5.74) is 1.91. The molecular weight excluding hydrogens is 369 g/mol. The van der Waals surface area contributed by atoms with Gasteiger partial charge in [-0.1, -0.05) is 29.8 Å². The van der Waals surface area contributed by atoms with Gasteiger partial charge in [0, 0.05) is 43.4 Å². The molecule has 1 heterocycles. The van der Waals surface area contributed by atoms with E-state index in [0.29, 0.717) is 44.2 Å². The van der Waals surface area contributed by atoms with E-state index in [1.165, 1.54) is 12.1 Å². The standard InChI is InChI=1S/C20H21ClFN3O2/c21-16-2-1-3-18(14-16)24-10-12-25(13-11-24)20(27)19(26)23-9-8-15-4-6-17(22)7-5-15/h1-7,14H,8-13H2,(H,23,26). The molecule has 0 radical (unpaired) electrons. The lowest BCUT2D eigenvalue weighted by molar-refractivity contribution is -0.146. The van der Waals surface area contributed by atoms with Gasteiger partial charge in [-0.05, 0) is 42.3 Å². The van der Waals surface area contributed by atoms with E-state index in [9.17, 15) is 14.0 Å². The maximum Gasteiger partial charge on any atom is 0.312 e. The fourth-order valence-corrected chi connectivity index (χ4v) is 3.22. The third-order valence-corrected chi connectivity index (χ3v) is 4.78. The molecule has 2 amide bonds. The maximum absolute atomic E-state index is 12.9. The van der Waals surface area contributed by atoms with Gasteiger partial charge in [0.15, 0.2) is 0 Å². The Bertz CT molecular complexity index is 805. The molecule has 0 bridgehead atoms. The molecule has 1 aliphatic heterocycles. The highest BCUT2D eigenvalue weighted by Gasteiger charge is 2.25. The predicted octanol–water partition coefficient (Wildman–Crippen LogP) is 2.49. The van der Waals surface area contributed by atoms with E-state index in [1.54, 1.807) is 17.0 Å². The summed E-state index contributed by atoms with van der Waals surface area (Å²) < 4.78 is 12.9. The van der Waals surface area contributed by atoms with Crippen LogP contribution in [0.15, 0.2) is 48.5 Å². The van der Waals surface area contributed by atoms with Crippen LogP contribution in [0.4, 0.5) is 10.1 Å². The van der Waals surface area contributed by atoms with Gasteiger partial charge < -0.3 is 15.1 Å². The Labute approximate surface area is 162 Å². The first-order valence-corrected chi connectivity index (χ1v) is 9.23. The van der Waals surface area contributed by atoms with Crippen LogP contribution in [0.25, 0.3) is 0 Å². The van der Waals surface area contributed by atoms with Crippen molar-refractivity contribution in [2.24, 2.45) is 0 Å². The zero-order chi connectivity index (χ0) is 19.2. The average Bonchev–Trinajstić information content (AvgIpc) is 2.69. The highest BCUT2D eigenvalue weighted by atomic mass is 35.5. The third kappa shape index (κ3) is 5.20. The number of hydrogen-bond acceptors (Lipinski definition) is 3. The van der Waals surface area contributed by atoms with Crippen LogP contribution < -0.4 is 10.2 Å². The molecule has 1 aliphatic rings. The number of rotatable bonds is 4. The van der Waals surface area contributed by atoms with Crippen molar-refractivity contribution in [3.05, 3.63) is 64.9 Å². The van der Waals surface area contributed by atoms with Gasteiger partial charge in [0.1, 0.15) is 5.82 Å². The minimum absolute atomic E-state index is 0.296. The number of nitrogens with one attached hydrogen (secondary N) is 1. The molecule has 0 unspecified atom stereocenters. The van der Waals surface area contributed by atoms with Gasteiger partial charge in [0.25, 0.3) is 0 Å². The SMILES string of the molecule is O=C(NCCc1ccc(F)cc1)C(=O)N1CCN(c2cccc(Cl)c2)CC1. The van der Waals surface area contributed by atoms with E-state index in [2.05, 4.69) is 10.2 Å². The molecule has 1 N–H and O–H groups in total. The zero-order valence-electron chi connectivity index (χ0n) is 14.8. The summed E-state index contributed by atoms with van der Waals surface area (Å²) in [6, 6.07) is 13.7. The van der Waals surface area contributed by atoms with Crippen LogP contribution in [0.3, 0.4) is 0 Å². The number of carbonyl (C=O) groups excluding carboxylic acids is 2. The average molecular weight is 390 g/mol. The monoisotopic (exact) mass is 389 g/mol. The van der Waals surface area contributed by atoms with Crippen LogP contribution in [0, 0.1) is 5.82 Å². The van der Waals surface area contributed by atoms with E-state index < -0.39 is 11.8 Å². The topological polar surface area (TPSA) is 52.7 Å². The molecule has 0 atom stereocenters. The number of nitrogens with zero attached hydrogens (tertiary/aromatic N) is 2. The van der Waals surface area contributed by atoms with Crippen LogP contribution in [-0.4, -0.2) is 49.4 Å². The van der Waals surface area contributed by atoms with Crippen molar-refractivity contribution in [1.82, 2.24) is 10.2 Å². The van der Waals surface area contributed by atoms with Crippen LogP contribution in [-0.2, 0) is 16.0 Å². The Morgan fingerprint density at radius 1 is 1.04 bits per heavy atom. The number of halogens is 2. The lowest BCUT2D eigenvalue weighted by Crippen LogP contribution is -2.52.